The minimum atomic E-state index is -1.81. The lowest BCUT2D eigenvalue weighted by atomic mass is 10.1. The number of rotatable bonds is 2. The largest absolute Gasteiger partial charge is 0.393 e. The minimum Gasteiger partial charge on any atom is -0.393 e. The molecule has 0 unspecified atom stereocenters. The van der Waals surface area contributed by atoms with Crippen LogP contribution in [0.2, 0.25) is 13.1 Å². The highest BCUT2D eigenvalue weighted by Crippen LogP contribution is 2.21. The Morgan fingerprint density at radius 2 is 1.35 bits per heavy atom. The Kier molecular flexibility index (Phi) is 3.28. The Labute approximate surface area is 121 Å². The van der Waals surface area contributed by atoms with Gasteiger partial charge in [0, 0.05) is 5.70 Å². The first-order valence-electron chi connectivity index (χ1n) is 6.85. The number of hydrogen-bond acceptors (Lipinski definition) is 2. The number of nitrogens with zero attached hydrogens (tertiary/aromatic N) is 1. The average Bonchev–Trinajstić information content (AvgIpc) is 2.47. The summed E-state index contributed by atoms with van der Waals surface area (Å²) in [6, 6.07) is 20.9. The lowest BCUT2D eigenvalue weighted by Gasteiger charge is -2.28. The molecule has 1 aliphatic rings. The Morgan fingerprint density at radius 1 is 0.800 bits per heavy atom. The van der Waals surface area contributed by atoms with Gasteiger partial charge in [0.05, 0.1) is 5.71 Å². The summed E-state index contributed by atoms with van der Waals surface area (Å²) >= 11 is 0. The van der Waals surface area contributed by atoms with Gasteiger partial charge in [0.25, 0.3) is 8.40 Å². The van der Waals surface area contributed by atoms with Crippen LogP contribution < -0.4 is 4.98 Å². The third-order valence-electron chi connectivity index (χ3n) is 3.28. The van der Waals surface area contributed by atoms with E-state index < -0.39 is 8.40 Å². The third-order valence-corrected chi connectivity index (χ3v) is 4.96. The lowest BCUT2D eigenvalue weighted by molar-refractivity contribution is 1.22. The molecule has 0 amide bonds. The predicted molar refractivity (Wildman–Crippen MR) is 88.0 cm³/mol. The van der Waals surface area contributed by atoms with Gasteiger partial charge in [-0.15, -0.1) is 0 Å². The highest BCUT2D eigenvalue weighted by Gasteiger charge is 2.26. The first-order chi connectivity index (χ1) is 9.64. The van der Waals surface area contributed by atoms with Gasteiger partial charge in [0.15, 0.2) is 0 Å². The quantitative estimate of drug-likeness (QED) is 0.830. The van der Waals surface area contributed by atoms with E-state index in [0.29, 0.717) is 0 Å². The summed E-state index contributed by atoms with van der Waals surface area (Å²) in [5, 5.41) is 0. The van der Waals surface area contributed by atoms with Crippen LogP contribution in [0, 0.1) is 0 Å². The molecule has 1 N–H and O–H groups in total. The van der Waals surface area contributed by atoms with Gasteiger partial charge in [-0.25, -0.2) is 0 Å². The summed E-state index contributed by atoms with van der Waals surface area (Å²) in [7, 11) is -1.81. The van der Waals surface area contributed by atoms with E-state index >= 15 is 0 Å². The van der Waals surface area contributed by atoms with E-state index in [2.05, 4.69) is 72.7 Å². The third kappa shape index (κ3) is 2.73. The Hall–Kier alpha value is -2.13. The van der Waals surface area contributed by atoms with Crippen molar-refractivity contribution < 1.29 is 0 Å². The van der Waals surface area contributed by atoms with Crippen molar-refractivity contribution in [3.8, 4) is 0 Å². The van der Waals surface area contributed by atoms with E-state index in [4.69, 9.17) is 4.66 Å². The number of nitrogens with one attached hydrogen (secondary N) is 1. The normalized spacial score (nSPS) is 16.9. The van der Waals surface area contributed by atoms with Crippen LogP contribution in [0.25, 0.3) is 5.70 Å². The molecule has 0 spiro atoms. The zero-order chi connectivity index (χ0) is 14.0. The highest BCUT2D eigenvalue weighted by atomic mass is 28.3. The van der Waals surface area contributed by atoms with Crippen molar-refractivity contribution in [2.75, 3.05) is 0 Å². The van der Waals surface area contributed by atoms with Crippen molar-refractivity contribution in [1.82, 2.24) is 4.98 Å². The lowest BCUT2D eigenvalue weighted by Crippen LogP contribution is -2.45. The highest BCUT2D eigenvalue weighted by molar-refractivity contribution is 6.76. The number of hydrogen-bond donors (Lipinski definition) is 1. The van der Waals surface area contributed by atoms with Gasteiger partial charge in [-0.05, 0) is 30.3 Å². The van der Waals surface area contributed by atoms with E-state index in [-0.39, 0.29) is 0 Å². The molecule has 0 saturated heterocycles. The number of benzene rings is 2. The Bertz CT molecular complexity index is 658. The van der Waals surface area contributed by atoms with Crippen LogP contribution in [0.1, 0.15) is 11.1 Å². The van der Waals surface area contributed by atoms with Gasteiger partial charge >= 0.3 is 0 Å². The summed E-state index contributed by atoms with van der Waals surface area (Å²) in [5.41, 5.74) is 4.66. The van der Waals surface area contributed by atoms with E-state index in [9.17, 15) is 0 Å². The zero-order valence-corrected chi connectivity index (χ0v) is 12.8. The Morgan fingerprint density at radius 3 is 1.95 bits per heavy atom. The smallest absolute Gasteiger partial charge is 0.276 e. The van der Waals surface area contributed by atoms with Gasteiger partial charge < -0.3 is 4.98 Å². The maximum atomic E-state index is 4.93. The zero-order valence-electron chi connectivity index (χ0n) is 11.8. The fraction of sp³-hybridized carbons (Fsp3) is 0.118. The molecule has 0 aliphatic carbocycles. The maximum absolute atomic E-state index is 4.93. The van der Waals surface area contributed by atoms with Crippen LogP contribution in [0.15, 0.2) is 71.4 Å². The van der Waals surface area contributed by atoms with Crippen molar-refractivity contribution in [2.45, 2.75) is 13.1 Å². The van der Waals surface area contributed by atoms with Crippen LogP contribution in [-0.2, 0) is 0 Å². The van der Waals surface area contributed by atoms with Gasteiger partial charge in [-0.1, -0.05) is 60.7 Å². The fourth-order valence-electron chi connectivity index (χ4n) is 2.39. The van der Waals surface area contributed by atoms with E-state index in [1.165, 1.54) is 16.8 Å². The average molecular weight is 278 g/mol. The first-order valence-corrected chi connectivity index (χ1v) is 9.79. The molecule has 2 aromatic carbocycles. The molecule has 1 heterocycles. The van der Waals surface area contributed by atoms with Crippen molar-refractivity contribution in [3.63, 3.8) is 0 Å². The molecule has 100 valence electrons. The summed E-state index contributed by atoms with van der Waals surface area (Å²) in [4.78, 5) is 3.62. The fourth-order valence-corrected chi connectivity index (χ4v) is 4.12. The molecule has 0 saturated carbocycles. The molecule has 0 fully saturated rings. The second kappa shape index (κ2) is 5.10. The van der Waals surface area contributed by atoms with Gasteiger partial charge in [0.2, 0.25) is 0 Å². The maximum Gasteiger partial charge on any atom is 0.276 e. The van der Waals surface area contributed by atoms with Crippen LogP contribution >= 0.6 is 0 Å². The topological polar surface area (TPSA) is 24.4 Å². The summed E-state index contributed by atoms with van der Waals surface area (Å²) in [5.74, 6) is 0. The molecule has 0 radical (unpaired) electrons. The molecule has 0 bridgehead atoms. The molecule has 3 heteroatoms. The molecule has 0 atom stereocenters. The second-order valence-corrected chi connectivity index (χ2v) is 9.06. The van der Waals surface area contributed by atoms with Crippen molar-refractivity contribution in [1.29, 1.82) is 0 Å². The predicted octanol–water partition coefficient (Wildman–Crippen LogP) is 3.82. The van der Waals surface area contributed by atoms with Gasteiger partial charge in [-0.2, -0.15) is 0 Å². The minimum absolute atomic E-state index is 1.08. The summed E-state index contributed by atoms with van der Waals surface area (Å²) in [6.45, 7) is 4.46. The monoisotopic (exact) mass is 278 g/mol. The van der Waals surface area contributed by atoms with E-state index in [1.54, 1.807) is 0 Å². The number of allylic oxidation sites excluding steroid dienone is 1. The van der Waals surface area contributed by atoms with Crippen LogP contribution in [0.5, 0.6) is 0 Å². The van der Waals surface area contributed by atoms with Crippen molar-refractivity contribution in [2.24, 2.45) is 4.66 Å². The molecule has 2 nitrogen and oxygen atoms in total. The van der Waals surface area contributed by atoms with Gasteiger partial charge in [0.1, 0.15) is 0 Å². The first kappa shape index (κ1) is 12.9. The van der Waals surface area contributed by atoms with Gasteiger partial charge in [-0.3, -0.25) is 4.66 Å². The summed E-state index contributed by atoms with van der Waals surface area (Å²) in [6.07, 6.45) is 2.16. The molecule has 0 aromatic heterocycles. The molecule has 1 aliphatic heterocycles. The van der Waals surface area contributed by atoms with E-state index in [1.807, 2.05) is 12.1 Å². The SMILES string of the molecule is C[Si]1(C)N=C(c2ccccc2)C=C(c2ccccc2)N1. The Balaban J connectivity index is 2.05. The molecule has 20 heavy (non-hydrogen) atoms. The van der Waals surface area contributed by atoms with Crippen LogP contribution in [0.4, 0.5) is 0 Å². The second-order valence-electron chi connectivity index (χ2n) is 5.47. The summed E-state index contributed by atoms with van der Waals surface area (Å²) < 4.78 is 4.93. The van der Waals surface area contributed by atoms with Crippen LogP contribution in [-0.4, -0.2) is 14.1 Å². The molecular formula is C17H18N2Si. The molecule has 3 rings (SSSR count). The van der Waals surface area contributed by atoms with Crippen molar-refractivity contribution in [3.05, 3.63) is 77.9 Å². The standard InChI is InChI=1S/C17H18N2Si/c1-20(2)18-16(14-9-5-3-6-10-14)13-17(19-20)15-11-7-4-8-12-15/h3-13,18H,1-2H3. The van der Waals surface area contributed by atoms with E-state index in [0.717, 1.165) is 5.71 Å². The molecular weight excluding hydrogens is 260 g/mol. The van der Waals surface area contributed by atoms with Crippen molar-refractivity contribution >= 4 is 19.8 Å². The molecule has 2 aromatic rings. The van der Waals surface area contributed by atoms with Crippen LogP contribution in [0.3, 0.4) is 0 Å².